The monoisotopic (exact) mass is 157 g/mol. The average molecular weight is 157 g/mol. The van der Waals surface area contributed by atoms with Crippen LogP contribution in [-0.2, 0) is 0 Å². The van der Waals surface area contributed by atoms with Crippen molar-refractivity contribution in [1.82, 2.24) is 4.90 Å². The van der Waals surface area contributed by atoms with Crippen LogP contribution in [0.25, 0.3) is 0 Å². The highest BCUT2D eigenvalue weighted by Crippen LogP contribution is 2.32. The van der Waals surface area contributed by atoms with E-state index in [1.807, 2.05) is 0 Å². The normalized spacial score (nSPS) is 44.7. The lowest BCUT2D eigenvalue weighted by atomic mass is 9.97. The van der Waals surface area contributed by atoms with Crippen LogP contribution in [0.5, 0.6) is 0 Å². The first kappa shape index (κ1) is 7.53. The van der Waals surface area contributed by atoms with Gasteiger partial charge in [-0.25, -0.2) is 0 Å². The van der Waals surface area contributed by atoms with Gasteiger partial charge in [0.05, 0.1) is 6.10 Å². The van der Waals surface area contributed by atoms with Crippen LogP contribution in [0.4, 0.5) is 0 Å². The molecule has 0 saturated carbocycles. The molecule has 0 bridgehead atoms. The second-order valence-corrected chi connectivity index (χ2v) is 3.62. The molecule has 0 aliphatic carbocycles. The van der Waals surface area contributed by atoms with Gasteiger partial charge in [-0.3, -0.25) is 4.90 Å². The smallest absolute Gasteiger partial charge is 0.0732 e. The zero-order valence-electron chi connectivity index (χ0n) is 6.61. The van der Waals surface area contributed by atoms with Crippen molar-refractivity contribution in [2.45, 2.75) is 25.0 Å². The molecule has 0 unspecified atom stereocenters. The number of nitrogens with zero attached hydrogens (tertiary/aromatic N) is 1. The van der Waals surface area contributed by atoms with Crippen LogP contribution in [0, 0.1) is 5.92 Å². The first-order valence-electron chi connectivity index (χ1n) is 4.36. The van der Waals surface area contributed by atoms with Crippen LogP contribution < -0.4 is 0 Å². The molecule has 2 saturated heterocycles. The van der Waals surface area contributed by atoms with E-state index in [9.17, 15) is 5.11 Å². The highest BCUT2D eigenvalue weighted by Gasteiger charge is 2.42. The van der Waals surface area contributed by atoms with Gasteiger partial charge in [-0.1, -0.05) is 0 Å². The molecule has 2 rings (SSSR count). The second-order valence-electron chi connectivity index (χ2n) is 3.62. The fourth-order valence-corrected chi connectivity index (χ4v) is 2.44. The maximum Gasteiger partial charge on any atom is 0.0732 e. The summed E-state index contributed by atoms with van der Waals surface area (Å²) >= 11 is 0. The highest BCUT2D eigenvalue weighted by atomic mass is 16.3. The van der Waals surface area contributed by atoms with Gasteiger partial charge in [0, 0.05) is 25.1 Å². The maximum absolute atomic E-state index is 9.49. The number of aliphatic hydroxyl groups excluding tert-OH is 2. The fourth-order valence-electron chi connectivity index (χ4n) is 2.44. The molecule has 0 spiro atoms. The number of hydrogen-bond donors (Lipinski definition) is 2. The minimum atomic E-state index is -0.287. The van der Waals surface area contributed by atoms with Crippen molar-refractivity contribution in [2.75, 3.05) is 19.7 Å². The molecule has 3 heteroatoms. The zero-order valence-corrected chi connectivity index (χ0v) is 6.61. The summed E-state index contributed by atoms with van der Waals surface area (Å²) in [5.41, 5.74) is 0. The summed E-state index contributed by atoms with van der Waals surface area (Å²) in [6.45, 7) is 2.02. The zero-order chi connectivity index (χ0) is 7.84. The highest BCUT2D eigenvalue weighted by molar-refractivity contribution is 4.96. The molecule has 2 fully saturated rings. The van der Waals surface area contributed by atoms with Gasteiger partial charge in [-0.15, -0.1) is 0 Å². The Morgan fingerprint density at radius 1 is 1.45 bits per heavy atom. The van der Waals surface area contributed by atoms with Gasteiger partial charge in [0.2, 0.25) is 0 Å². The molecule has 0 aromatic carbocycles. The lowest BCUT2D eigenvalue weighted by Crippen LogP contribution is -2.28. The summed E-state index contributed by atoms with van der Waals surface area (Å²) in [6, 6.07) is 0.468. The van der Waals surface area contributed by atoms with E-state index in [0.717, 1.165) is 19.5 Å². The molecule has 2 aliphatic rings. The van der Waals surface area contributed by atoms with E-state index < -0.39 is 0 Å². The Morgan fingerprint density at radius 2 is 2.27 bits per heavy atom. The van der Waals surface area contributed by atoms with Crippen LogP contribution in [-0.4, -0.2) is 47.0 Å². The lowest BCUT2D eigenvalue weighted by Gasteiger charge is -2.18. The summed E-state index contributed by atoms with van der Waals surface area (Å²) in [5, 5.41) is 18.5. The van der Waals surface area contributed by atoms with Gasteiger partial charge < -0.3 is 10.2 Å². The van der Waals surface area contributed by atoms with Gasteiger partial charge in [0.25, 0.3) is 0 Å². The summed E-state index contributed by atoms with van der Waals surface area (Å²) in [6.07, 6.45) is 2.10. The summed E-state index contributed by atoms with van der Waals surface area (Å²) in [4.78, 5) is 2.30. The molecule has 0 amide bonds. The van der Waals surface area contributed by atoms with E-state index in [2.05, 4.69) is 4.90 Å². The molecule has 0 radical (unpaired) electrons. The number of fused-ring (bicyclic) bond motifs is 1. The van der Waals surface area contributed by atoms with E-state index in [4.69, 9.17) is 5.11 Å². The van der Waals surface area contributed by atoms with Crippen LogP contribution >= 0.6 is 0 Å². The summed E-state index contributed by atoms with van der Waals surface area (Å²) < 4.78 is 0. The third-order valence-corrected chi connectivity index (χ3v) is 3.04. The first-order valence-corrected chi connectivity index (χ1v) is 4.36. The van der Waals surface area contributed by atoms with E-state index in [1.54, 1.807) is 0 Å². The third-order valence-electron chi connectivity index (χ3n) is 3.04. The van der Waals surface area contributed by atoms with Crippen molar-refractivity contribution in [3.05, 3.63) is 0 Å². The molecule has 0 aromatic rings. The Morgan fingerprint density at radius 3 is 3.00 bits per heavy atom. The minimum Gasteiger partial charge on any atom is -0.396 e. The van der Waals surface area contributed by atoms with Crippen LogP contribution in [0.1, 0.15) is 12.8 Å². The standard InChI is InChI=1S/C8H15NO2/c10-5-6-7-2-1-3-9(7)4-8(6)11/h6-8,10-11H,1-5H2/t6-,7+,8-/m1/s1. The van der Waals surface area contributed by atoms with Crippen molar-refractivity contribution < 1.29 is 10.2 Å². The number of aliphatic hydroxyl groups is 2. The van der Waals surface area contributed by atoms with Crippen LogP contribution in [0.2, 0.25) is 0 Å². The molecule has 2 N–H and O–H groups in total. The molecule has 2 aliphatic heterocycles. The summed E-state index contributed by atoms with van der Waals surface area (Å²) in [5.74, 6) is 0.123. The van der Waals surface area contributed by atoms with Crippen LogP contribution in [0.15, 0.2) is 0 Å². The molecule has 64 valence electrons. The Hall–Kier alpha value is -0.120. The number of rotatable bonds is 1. The Balaban J connectivity index is 2.07. The van der Waals surface area contributed by atoms with Gasteiger partial charge >= 0.3 is 0 Å². The minimum absolute atomic E-state index is 0.123. The number of hydrogen-bond acceptors (Lipinski definition) is 3. The van der Waals surface area contributed by atoms with E-state index in [-0.39, 0.29) is 18.6 Å². The van der Waals surface area contributed by atoms with E-state index >= 15 is 0 Å². The third kappa shape index (κ3) is 1.08. The SMILES string of the molecule is OC[C@H]1[C@H](O)CN2CCC[C@@H]12. The first-order chi connectivity index (χ1) is 5.33. The van der Waals surface area contributed by atoms with Gasteiger partial charge in [0.1, 0.15) is 0 Å². The molecule has 0 aromatic heterocycles. The largest absolute Gasteiger partial charge is 0.396 e. The van der Waals surface area contributed by atoms with Crippen molar-refractivity contribution in [3.8, 4) is 0 Å². The molecular formula is C8H15NO2. The Kier molecular flexibility index (Phi) is 1.87. The average Bonchev–Trinajstić information content (AvgIpc) is 2.46. The molecule has 2 heterocycles. The van der Waals surface area contributed by atoms with Gasteiger partial charge in [0.15, 0.2) is 0 Å². The van der Waals surface area contributed by atoms with E-state index in [1.165, 1.54) is 6.42 Å². The predicted molar refractivity (Wildman–Crippen MR) is 41.2 cm³/mol. The molecule has 11 heavy (non-hydrogen) atoms. The van der Waals surface area contributed by atoms with Crippen LogP contribution in [0.3, 0.4) is 0 Å². The topological polar surface area (TPSA) is 43.7 Å². The maximum atomic E-state index is 9.49. The predicted octanol–water partition coefficient (Wildman–Crippen LogP) is -0.566. The van der Waals surface area contributed by atoms with Crippen molar-refractivity contribution in [3.63, 3.8) is 0 Å². The quantitative estimate of drug-likeness (QED) is 0.536. The second kappa shape index (κ2) is 2.73. The van der Waals surface area contributed by atoms with Gasteiger partial charge in [-0.2, -0.15) is 0 Å². The molecule has 3 atom stereocenters. The van der Waals surface area contributed by atoms with Gasteiger partial charge in [-0.05, 0) is 19.4 Å². The van der Waals surface area contributed by atoms with E-state index in [0.29, 0.717) is 6.04 Å². The van der Waals surface area contributed by atoms with Crippen molar-refractivity contribution >= 4 is 0 Å². The Labute approximate surface area is 66.6 Å². The molecular weight excluding hydrogens is 142 g/mol. The fraction of sp³-hybridized carbons (Fsp3) is 1.00. The molecule has 3 nitrogen and oxygen atoms in total. The van der Waals surface area contributed by atoms with Crippen molar-refractivity contribution in [1.29, 1.82) is 0 Å². The Bertz CT molecular complexity index is 151. The lowest BCUT2D eigenvalue weighted by molar-refractivity contribution is 0.0903. The summed E-state index contributed by atoms with van der Waals surface area (Å²) in [7, 11) is 0. The van der Waals surface area contributed by atoms with Crippen molar-refractivity contribution in [2.24, 2.45) is 5.92 Å².